The second kappa shape index (κ2) is 10.6. The number of benzene rings is 2. The molecule has 0 amide bonds. The zero-order valence-corrected chi connectivity index (χ0v) is 22.0. The number of aryl methyl sites for hydroxylation is 1. The van der Waals surface area contributed by atoms with E-state index >= 15 is 0 Å². The van der Waals surface area contributed by atoms with Crippen LogP contribution in [0.3, 0.4) is 0 Å². The number of aromatic hydroxyl groups is 1. The number of fused-ring (bicyclic) bond motifs is 1. The van der Waals surface area contributed by atoms with Crippen LogP contribution in [0.5, 0.6) is 28.7 Å². The van der Waals surface area contributed by atoms with Crippen LogP contribution in [0.1, 0.15) is 27.0 Å². The summed E-state index contributed by atoms with van der Waals surface area (Å²) >= 11 is 0. The molecular formula is C29H31N3O6. The molecule has 0 unspecified atom stereocenters. The fourth-order valence-corrected chi connectivity index (χ4v) is 4.97. The molecule has 1 fully saturated rings. The third-order valence-electron chi connectivity index (χ3n) is 6.93. The summed E-state index contributed by atoms with van der Waals surface area (Å²) < 4.78 is 22.4. The number of pyridine rings is 1. The van der Waals surface area contributed by atoms with E-state index in [9.17, 15) is 9.90 Å². The zero-order valence-electron chi connectivity index (χ0n) is 22.0. The molecule has 38 heavy (non-hydrogen) atoms. The van der Waals surface area contributed by atoms with Gasteiger partial charge in [0.05, 0.1) is 32.5 Å². The van der Waals surface area contributed by atoms with Gasteiger partial charge in [-0.3, -0.25) is 9.69 Å². The number of Topliss-reactive ketones (excluding diaryl/α,β-unsaturated/α-hetero) is 1. The summed E-state index contributed by atoms with van der Waals surface area (Å²) in [7, 11) is 4.61. The molecule has 1 aromatic heterocycles. The molecule has 1 N–H and O–H groups in total. The number of hydrogen-bond donors (Lipinski definition) is 1. The number of carbonyl (C=O) groups excluding carboxylic acids is 1. The Balaban J connectivity index is 1.40. The lowest BCUT2D eigenvalue weighted by molar-refractivity contribution is 0.101. The predicted molar refractivity (Wildman–Crippen MR) is 144 cm³/mol. The highest BCUT2D eigenvalue weighted by Crippen LogP contribution is 2.43. The SMILES string of the molecule is COc1cc(/C=C2/Oc3c(CN4CCN(c5ccccn5)CC4)c(O)cc(C)c3C2=O)cc(OC)c1OC. The number of ketones is 1. The molecule has 1 saturated heterocycles. The third kappa shape index (κ3) is 4.72. The second-order valence-corrected chi connectivity index (χ2v) is 9.24. The molecule has 3 aromatic rings. The highest BCUT2D eigenvalue weighted by atomic mass is 16.5. The molecule has 2 aromatic carbocycles. The summed E-state index contributed by atoms with van der Waals surface area (Å²) in [5, 5.41) is 10.9. The second-order valence-electron chi connectivity index (χ2n) is 9.24. The fourth-order valence-electron chi connectivity index (χ4n) is 4.97. The highest BCUT2D eigenvalue weighted by molar-refractivity contribution is 6.16. The monoisotopic (exact) mass is 517 g/mol. The maximum Gasteiger partial charge on any atom is 0.232 e. The van der Waals surface area contributed by atoms with Crippen LogP contribution in [0.15, 0.2) is 48.4 Å². The van der Waals surface area contributed by atoms with Crippen LogP contribution in [-0.4, -0.2) is 68.3 Å². The molecule has 0 spiro atoms. The van der Waals surface area contributed by atoms with Gasteiger partial charge < -0.3 is 29.0 Å². The van der Waals surface area contributed by atoms with E-state index < -0.39 is 0 Å². The average Bonchev–Trinajstić information content (AvgIpc) is 3.27. The highest BCUT2D eigenvalue weighted by Gasteiger charge is 2.34. The van der Waals surface area contributed by atoms with Crippen molar-refractivity contribution in [3.63, 3.8) is 0 Å². The molecule has 0 radical (unpaired) electrons. The van der Waals surface area contributed by atoms with Gasteiger partial charge in [-0.05, 0) is 54.5 Å². The van der Waals surface area contributed by atoms with Gasteiger partial charge in [0.25, 0.3) is 0 Å². The molecule has 2 aliphatic rings. The van der Waals surface area contributed by atoms with Gasteiger partial charge in [0.15, 0.2) is 17.3 Å². The van der Waals surface area contributed by atoms with Crippen LogP contribution in [0.4, 0.5) is 5.82 Å². The van der Waals surface area contributed by atoms with E-state index in [1.165, 1.54) is 21.3 Å². The van der Waals surface area contributed by atoms with Crippen molar-refractivity contribution in [3.05, 3.63) is 70.6 Å². The summed E-state index contributed by atoms with van der Waals surface area (Å²) in [6.07, 6.45) is 3.45. The first-order valence-electron chi connectivity index (χ1n) is 12.4. The molecule has 0 saturated carbocycles. The van der Waals surface area contributed by atoms with Gasteiger partial charge in [-0.1, -0.05) is 6.07 Å². The van der Waals surface area contributed by atoms with Crippen molar-refractivity contribution in [1.29, 1.82) is 0 Å². The maximum atomic E-state index is 13.4. The Hall–Kier alpha value is -4.24. The van der Waals surface area contributed by atoms with Crippen LogP contribution >= 0.6 is 0 Å². The number of aromatic nitrogens is 1. The van der Waals surface area contributed by atoms with E-state index in [0.717, 1.165) is 32.0 Å². The van der Waals surface area contributed by atoms with E-state index in [1.54, 1.807) is 37.4 Å². The van der Waals surface area contributed by atoms with E-state index in [-0.39, 0.29) is 17.3 Å². The largest absolute Gasteiger partial charge is 0.507 e. The number of rotatable bonds is 7. The zero-order chi connectivity index (χ0) is 26.8. The predicted octanol–water partition coefficient (Wildman–Crippen LogP) is 4.06. The maximum absolute atomic E-state index is 13.4. The summed E-state index contributed by atoms with van der Waals surface area (Å²) in [5.74, 6) is 2.85. The van der Waals surface area contributed by atoms with Crippen molar-refractivity contribution in [2.45, 2.75) is 13.5 Å². The van der Waals surface area contributed by atoms with Crippen LogP contribution in [0.2, 0.25) is 0 Å². The minimum atomic E-state index is -0.229. The number of carbonyl (C=O) groups is 1. The number of ether oxygens (including phenoxy) is 4. The van der Waals surface area contributed by atoms with Crippen molar-refractivity contribution in [2.24, 2.45) is 0 Å². The van der Waals surface area contributed by atoms with Crippen LogP contribution < -0.4 is 23.8 Å². The number of piperazine rings is 1. The quantitative estimate of drug-likeness (QED) is 0.466. The number of methoxy groups -OCH3 is 3. The molecule has 0 aliphatic carbocycles. The van der Waals surface area contributed by atoms with Gasteiger partial charge in [-0.15, -0.1) is 0 Å². The average molecular weight is 518 g/mol. The number of anilines is 1. The standard InChI is InChI=1S/C29H31N3O6/c1-18-13-21(33)20(17-31-9-11-32(12-10-31)25-7-5-6-8-30-25)28-26(18)27(34)22(38-28)14-19-15-23(35-2)29(37-4)24(16-19)36-3/h5-8,13-16,33H,9-12,17H2,1-4H3/b22-14+. The van der Waals surface area contributed by atoms with Crippen molar-refractivity contribution in [3.8, 4) is 28.7 Å². The number of phenols is 1. The normalized spacial score (nSPS) is 16.4. The molecule has 5 rings (SSSR count). The van der Waals surface area contributed by atoms with E-state index in [0.29, 0.717) is 51.8 Å². The van der Waals surface area contributed by atoms with Gasteiger partial charge in [0.1, 0.15) is 17.3 Å². The molecule has 9 heteroatoms. The molecule has 2 aliphatic heterocycles. The Morgan fingerprint density at radius 2 is 1.74 bits per heavy atom. The Morgan fingerprint density at radius 1 is 1.03 bits per heavy atom. The summed E-state index contributed by atoms with van der Waals surface area (Å²) in [6.45, 7) is 5.49. The van der Waals surface area contributed by atoms with E-state index in [2.05, 4.69) is 14.8 Å². The van der Waals surface area contributed by atoms with Crippen molar-refractivity contribution in [2.75, 3.05) is 52.4 Å². The molecular weight excluding hydrogens is 486 g/mol. The van der Waals surface area contributed by atoms with Crippen LogP contribution in [0.25, 0.3) is 6.08 Å². The van der Waals surface area contributed by atoms with Gasteiger partial charge in [0, 0.05) is 38.9 Å². The number of allylic oxidation sites excluding steroid dienone is 1. The molecule has 198 valence electrons. The molecule has 0 atom stereocenters. The minimum absolute atomic E-state index is 0.121. The summed E-state index contributed by atoms with van der Waals surface area (Å²) in [4.78, 5) is 22.4. The lowest BCUT2D eigenvalue weighted by Gasteiger charge is -2.35. The molecule has 0 bridgehead atoms. The van der Waals surface area contributed by atoms with Crippen LogP contribution in [0, 0.1) is 6.92 Å². The summed E-state index contributed by atoms with van der Waals surface area (Å²) in [5.41, 5.74) is 2.41. The lowest BCUT2D eigenvalue weighted by atomic mass is 9.99. The van der Waals surface area contributed by atoms with E-state index in [1.807, 2.05) is 18.2 Å². The Morgan fingerprint density at radius 3 is 2.34 bits per heavy atom. The van der Waals surface area contributed by atoms with Gasteiger partial charge in [-0.2, -0.15) is 0 Å². The van der Waals surface area contributed by atoms with Crippen molar-refractivity contribution >= 4 is 17.7 Å². The molecule has 3 heterocycles. The van der Waals surface area contributed by atoms with Crippen molar-refractivity contribution in [1.82, 2.24) is 9.88 Å². The first-order chi connectivity index (χ1) is 18.4. The first-order valence-corrected chi connectivity index (χ1v) is 12.4. The number of phenolic OH excluding ortho intramolecular Hbond substituents is 1. The minimum Gasteiger partial charge on any atom is -0.507 e. The first kappa shape index (κ1) is 25.4. The summed E-state index contributed by atoms with van der Waals surface area (Å²) in [6, 6.07) is 11.0. The topological polar surface area (TPSA) is 93.6 Å². The number of hydrogen-bond acceptors (Lipinski definition) is 9. The Kier molecular flexibility index (Phi) is 7.11. The third-order valence-corrected chi connectivity index (χ3v) is 6.93. The van der Waals surface area contributed by atoms with Gasteiger partial charge in [-0.25, -0.2) is 4.98 Å². The molecule has 9 nitrogen and oxygen atoms in total. The fraction of sp³-hybridized carbons (Fsp3) is 0.310. The van der Waals surface area contributed by atoms with Crippen molar-refractivity contribution < 1.29 is 28.8 Å². The van der Waals surface area contributed by atoms with Gasteiger partial charge in [0.2, 0.25) is 11.5 Å². The Bertz CT molecular complexity index is 1360. The lowest BCUT2D eigenvalue weighted by Crippen LogP contribution is -2.46. The van der Waals surface area contributed by atoms with Gasteiger partial charge >= 0.3 is 0 Å². The Labute approximate surface area is 221 Å². The van der Waals surface area contributed by atoms with Crippen LogP contribution in [-0.2, 0) is 6.54 Å². The number of nitrogens with zero attached hydrogens (tertiary/aromatic N) is 3. The smallest absolute Gasteiger partial charge is 0.232 e. The van der Waals surface area contributed by atoms with E-state index in [4.69, 9.17) is 18.9 Å².